The quantitative estimate of drug-likeness (QED) is 0.735. The third-order valence-corrected chi connectivity index (χ3v) is 4.30. The lowest BCUT2D eigenvalue weighted by atomic mass is 10.1. The molecular formula is C19H18N4O3. The van der Waals surface area contributed by atoms with Gasteiger partial charge < -0.3 is 19.8 Å². The zero-order chi connectivity index (χ0) is 17.9. The maximum atomic E-state index is 11.8. The largest absolute Gasteiger partial charge is 0.492 e. The second kappa shape index (κ2) is 6.87. The van der Waals surface area contributed by atoms with Crippen molar-refractivity contribution in [1.82, 2.24) is 15.3 Å². The summed E-state index contributed by atoms with van der Waals surface area (Å²) in [7, 11) is 1.62. The number of carbonyl (C=O) groups excluding carboxylic acids is 1. The molecule has 4 rings (SSSR count). The second-order valence-electron chi connectivity index (χ2n) is 5.93. The van der Waals surface area contributed by atoms with Gasteiger partial charge in [0.2, 0.25) is 0 Å². The SMILES string of the molecule is CNC(=O)c1cccc(CNc2ncc(-c3cnco3)c3c2CCO3)c1. The molecule has 0 bridgehead atoms. The fourth-order valence-electron chi connectivity index (χ4n) is 3.02. The first kappa shape index (κ1) is 16.1. The number of pyridine rings is 1. The van der Waals surface area contributed by atoms with Crippen LogP contribution in [-0.4, -0.2) is 29.5 Å². The Balaban J connectivity index is 1.57. The number of nitrogens with one attached hydrogen (secondary N) is 2. The van der Waals surface area contributed by atoms with Gasteiger partial charge in [0, 0.05) is 37.3 Å². The summed E-state index contributed by atoms with van der Waals surface area (Å²) in [6.07, 6.45) is 5.55. The van der Waals surface area contributed by atoms with Gasteiger partial charge in [0.15, 0.2) is 12.2 Å². The van der Waals surface area contributed by atoms with E-state index in [4.69, 9.17) is 9.15 Å². The highest BCUT2D eigenvalue weighted by Crippen LogP contribution is 2.39. The van der Waals surface area contributed by atoms with Gasteiger partial charge in [0.25, 0.3) is 5.91 Å². The summed E-state index contributed by atoms with van der Waals surface area (Å²) in [6.45, 7) is 1.18. The molecule has 1 aliphatic heterocycles. The molecule has 0 aliphatic carbocycles. The van der Waals surface area contributed by atoms with Crippen molar-refractivity contribution in [1.29, 1.82) is 0 Å². The molecule has 7 nitrogen and oxygen atoms in total. The van der Waals surface area contributed by atoms with Gasteiger partial charge in [-0.05, 0) is 17.7 Å². The third kappa shape index (κ3) is 2.99. The maximum absolute atomic E-state index is 11.8. The minimum absolute atomic E-state index is 0.101. The number of ether oxygens (including phenoxy) is 1. The summed E-state index contributed by atoms with van der Waals surface area (Å²) in [5.74, 6) is 2.11. The number of benzene rings is 1. The van der Waals surface area contributed by atoms with Crippen molar-refractivity contribution in [3.05, 3.63) is 59.7 Å². The van der Waals surface area contributed by atoms with E-state index in [0.717, 1.165) is 34.7 Å². The van der Waals surface area contributed by atoms with Gasteiger partial charge in [-0.25, -0.2) is 9.97 Å². The van der Waals surface area contributed by atoms with Crippen molar-refractivity contribution >= 4 is 11.7 Å². The molecule has 0 saturated carbocycles. The van der Waals surface area contributed by atoms with E-state index < -0.39 is 0 Å². The van der Waals surface area contributed by atoms with E-state index in [9.17, 15) is 4.79 Å². The van der Waals surface area contributed by atoms with Gasteiger partial charge in [-0.2, -0.15) is 0 Å². The predicted molar refractivity (Wildman–Crippen MR) is 96.1 cm³/mol. The minimum atomic E-state index is -0.101. The second-order valence-corrected chi connectivity index (χ2v) is 5.93. The summed E-state index contributed by atoms with van der Waals surface area (Å²) >= 11 is 0. The van der Waals surface area contributed by atoms with Gasteiger partial charge in [-0.15, -0.1) is 0 Å². The summed E-state index contributed by atoms with van der Waals surface area (Å²) in [6, 6.07) is 7.50. The van der Waals surface area contributed by atoms with E-state index in [1.807, 2.05) is 18.2 Å². The van der Waals surface area contributed by atoms with Crippen molar-refractivity contribution in [2.45, 2.75) is 13.0 Å². The molecular weight excluding hydrogens is 332 g/mol. The lowest BCUT2D eigenvalue weighted by molar-refractivity contribution is 0.0963. The Labute approximate surface area is 150 Å². The molecule has 3 aromatic rings. The van der Waals surface area contributed by atoms with E-state index in [1.165, 1.54) is 6.39 Å². The van der Waals surface area contributed by atoms with Gasteiger partial charge in [-0.1, -0.05) is 12.1 Å². The van der Waals surface area contributed by atoms with E-state index >= 15 is 0 Å². The third-order valence-electron chi connectivity index (χ3n) is 4.30. The molecule has 1 amide bonds. The number of carbonyl (C=O) groups is 1. The molecule has 0 spiro atoms. The molecule has 7 heteroatoms. The molecule has 1 aliphatic rings. The number of amides is 1. The molecule has 2 N–H and O–H groups in total. The first-order chi connectivity index (χ1) is 12.8. The van der Waals surface area contributed by atoms with Crippen molar-refractivity contribution in [3.63, 3.8) is 0 Å². The summed E-state index contributed by atoms with van der Waals surface area (Å²) in [4.78, 5) is 20.3. The van der Waals surface area contributed by atoms with E-state index in [-0.39, 0.29) is 5.91 Å². The smallest absolute Gasteiger partial charge is 0.251 e. The van der Waals surface area contributed by atoms with Crippen LogP contribution < -0.4 is 15.4 Å². The van der Waals surface area contributed by atoms with E-state index in [0.29, 0.717) is 24.5 Å². The highest BCUT2D eigenvalue weighted by atomic mass is 16.5. The van der Waals surface area contributed by atoms with Gasteiger partial charge in [-0.3, -0.25) is 4.79 Å². The Morgan fingerprint density at radius 3 is 3.04 bits per heavy atom. The number of nitrogens with zero attached hydrogens (tertiary/aromatic N) is 2. The molecule has 2 aromatic heterocycles. The highest BCUT2D eigenvalue weighted by Gasteiger charge is 2.23. The summed E-state index contributed by atoms with van der Waals surface area (Å²) in [5, 5.41) is 5.98. The minimum Gasteiger partial charge on any atom is -0.492 e. The number of fused-ring (bicyclic) bond motifs is 1. The average Bonchev–Trinajstić information content (AvgIpc) is 3.37. The molecule has 1 aromatic carbocycles. The highest BCUT2D eigenvalue weighted by molar-refractivity contribution is 5.94. The lowest BCUT2D eigenvalue weighted by Crippen LogP contribution is -2.18. The molecule has 0 fully saturated rings. The number of anilines is 1. The Hall–Kier alpha value is -3.35. The Morgan fingerprint density at radius 2 is 2.23 bits per heavy atom. The van der Waals surface area contributed by atoms with E-state index in [1.54, 1.807) is 25.5 Å². The lowest BCUT2D eigenvalue weighted by Gasteiger charge is -2.12. The number of hydrogen-bond acceptors (Lipinski definition) is 6. The van der Waals surface area contributed by atoms with Gasteiger partial charge >= 0.3 is 0 Å². The molecule has 26 heavy (non-hydrogen) atoms. The Kier molecular flexibility index (Phi) is 4.27. The molecule has 0 unspecified atom stereocenters. The van der Waals surface area contributed by atoms with Crippen LogP contribution in [0.15, 0.2) is 47.5 Å². The van der Waals surface area contributed by atoms with Crippen molar-refractivity contribution < 1.29 is 13.9 Å². The fourth-order valence-corrected chi connectivity index (χ4v) is 3.02. The van der Waals surface area contributed by atoms with Crippen LogP contribution >= 0.6 is 0 Å². The van der Waals surface area contributed by atoms with Crippen LogP contribution in [0.25, 0.3) is 11.3 Å². The molecule has 132 valence electrons. The van der Waals surface area contributed by atoms with Crippen LogP contribution in [-0.2, 0) is 13.0 Å². The van der Waals surface area contributed by atoms with Crippen molar-refractivity contribution in [2.75, 3.05) is 19.0 Å². The van der Waals surface area contributed by atoms with Crippen LogP contribution in [0.4, 0.5) is 5.82 Å². The van der Waals surface area contributed by atoms with Crippen LogP contribution in [0.2, 0.25) is 0 Å². The normalized spacial score (nSPS) is 12.3. The van der Waals surface area contributed by atoms with Crippen LogP contribution in [0.5, 0.6) is 5.75 Å². The number of oxazole rings is 1. The fraction of sp³-hybridized carbons (Fsp3) is 0.211. The molecule has 0 saturated heterocycles. The summed E-state index contributed by atoms with van der Waals surface area (Å²) in [5.41, 5.74) is 3.47. The Bertz CT molecular complexity index is 938. The maximum Gasteiger partial charge on any atom is 0.251 e. The first-order valence-corrected chi connectivity index (χ1v) is 8.34. The van der Waals surface area contributed by atoms with Gasteiger partial charge in [0.05, 0.1) is 18.4 Å². The van der Waals surface area contributed by atoms with Crippen molar-refractivity contribution in [2.24, 2.45) is 0 Å². The molecule has 3 heterocycles. The number of hydrogen-bond donors (Lipinski definition) is 2. The predicted octanol–water partition coefficient (Wildman–Crippen LogP) is 2.64. The van der Waals surface area contributed by atoms with Crippen LogP contribution in [0, 0.1) is 0 Å². The standard InChI is InChI=1S/C19H18N4O3/c1-20-19(24)13-4-2-3-12(7-13)8-22-18-14-5-6-25-17(14)15(9-23-18)16-10-21-11-26-16/h2-4,7,9-11H,5-6,8H2,1H3,(H,20,24)(H,22,23). The first-order valence-electron chi connectivity index (χ1n) is 8.34. The zero-order valence-corrected chi connectivity index (χ0v) is 14.3. The topological polar surface area (TPSA) is 89.3 Å². The monoisotopic (exact) mass is 350 g/mol. The zero-order valence-electron chi connectivity index (χ0n) is 14.3. The number of aromatic nitrogens is 2. The average molecular weight is 350 g/mol. The van der Waals surface area contributed by atoms with Gasteiger partial charge in [0.1, 0.15) is 11.6 Å². The van der Waals surface area contributed by atoms with Crippen LogP contribution in [0.1, 0.15) is 21.5 Å². The Morgan fingerprint density at radius 1 is 1.31 bits per heavy atom. The number of rotatable bonds is 5. The van der Waals surface area contributed by atoms with Crippen LogP contribution in [0.3, 0.4) is 0 Å². The van der Waals surface area contributed by atoms with Crippen molar-refractivity contribution in [3.8, 4) is 17.1 Å². The molecule has 0 atom stereocenters. The summed E-state index contributed by atoms with van der Waals surface area (Å²) < 4.78 is 11.2. The molecule has 0 radical (unpaired) electrons. The van der Waals surface area contributed by atoms with E-state index in [2.05, 4.69) is 20.6 Å².